The van der Waals surface area contributed by atoms with Gasteiger partial charge in [-0.05, 0) is 24.3 Å². The summed E-state index contributed by atoms with van der Waals surface area (Å²) in [7, 11) is 0. The maximum atomic E-state index is 14.2. The Morgan fingerprint density at radius 1 is 0.720 bits per heavy atom. The van der Waals surface area contributed by atoms with E-state index in [4.69, 9.17) is 15.8 Å². The van der Waals surface area contributed by atoms with Crippen LogP contribution in [0.15, 0.2) is 48.5 Å². The number of hydrogen-bond donors (Lipinski definition) is 4. The molecule has 1 aromatic heterocycles. The highest BCUT2D eigenvalue weighted by Gasteiger charge is 2.25. The first-order valence-electron chi connectivity index (χ1n) is 7.28. The molecule has 4 rings (SSSR count). The summed E-state index contributed by atoms with van der Waals surface area (Å²) >= 11 is 0. The van der Waals surface area contributed by atoms with E-state index in [2.05, 4.69) is 11.0 Å². The Bertz CT molecular complexity index is 1020. The van der Waals surface area contributed by atoms with E-state index in [0.29, 0.717) is 0 Å². The zero-order chi connectivity index (χ0) is 17.6. The number of aromatic nitrogens is 2. The largest absolute Gasteiger partial charge is 0.281 e. The van der Waals surface area contributed by atoms with E-state index in [-0.39, 0.29) is 34.0 Å². The molecule has 126 valence electrons. The molecule has 0 aliphatic carbocycles. The number of rotatable bonds is 2. The Morgan fingerprint density at radius 3 is 1.52 bits per heavy atom. The lowest BCUT2D eigenvalue weighted by Gasteiger charge is -2.17. The molecule has 0 saturated carbocycles. The van der Waals surface area contributed by atoms with Gasteiger partial charge in [0.2, 0.25) is 0 Å². The van der Waals surface area contributed by atoms with E-state index >= 15 is 0 Å². The number of fused-ring (bicyclic) bond motifs is 1. The van der Waals surface area contributed by atoms with Gasteiger partial charge in [0.1, 0.15) is 11.6 Å². The van der Waals surface area contributed by atoms with Crippen LogP contribution in [0.5, 0.6) is 0 Å². The van der Waals surface area contributed by atoms with Gasteiger partial charge < -0.3 is 0 Å². The first-order valence-corrected chi connectivity index (χ1v) is 7.28. The first-order chi connectivity index (χ1) is 12.1. The van der Waals surface area contributed by atoms with Crippen molar-refractivity contribution in [3.63, 3.8) is 0 Å². The second-order valence-corrected chi connectivity index (χ2v) is 5.27. The normalized spacial score (nSPS) is 12.4. The quantitative estimate of drug-likeness (QED) is 0.575. The van der Waals surface area contributed by atoms with Gasteiger partial charge in [-0.2, -0.15) is 4.94 Å². The topological polar surface area (TPSA) is 90.9 Å². The first kappa shape index (κ1) is 15.1. The van der Waals surface area contributed by atoms with Crippen molar-refractivity contribution < 1.29 is 13.7 Å². The Kier molecular flexibility index (Phi) is 3.36. The van der Waals surface area contributed by atoms with Crippen LogP contribution < -0.4 is 21.9 Å². The van der Waals surface area contributed by atoms with E-state index < -0.39 is 11.6 Å². The summed E-state index contributed by atoms with van der Waals surface area (Å²) in [6, 6.07) is 11.7. The third-order valence-corrected chi connectivity index (χ3v) is 3.83. The molecule has 0 saturated heterocycles. The number of para-hydroxylation sites is 2. The van der Waals surface area contributed by atoms with Crippen LogP contribution in [0.2, 0.25) is 0 Å². The van der Waals surface area contributed by atoms with Gasteiger partial charge in [0.05, 0.1) is 11.4 Å². The standard InChI is InChI=1S/C16H12F2N6O/c17-9-5-1-3-7-11(9)23-13(19)14(20)24(16-15(23)21-25-22-16)12-8-4-2-6-10(12)18/h1-8,19-22H. The van der Waals surface area contributed by atoms with Gasteiger partial charge in [-0.25, -0.2) is 19.7 Å². The molecular formula is C16H12F2N6O. The third-order valence-electron chi connectivity index (χ3n) is 3.83. The number of halogens is 2. The van der Waals surface area contributed by atoms with Gasteiger partial charge in [0, 0.05) is 0 Å². The average molecular weight is 342 g/mol. The highest BCUT2D eigenvalue weighted by atomic mass is 19.1. The number of nitrogens with zero attached hydrogens (tertiary/aromatic N) is 2. The molecule has 0 fully saturated rings. The van der Waals surface area contributed by atoms with Crippen molar-refractivity contribution in [2.24, 2.45) is 0 Å². The van der Waals surface area contributed by atoms with E-state index in [1.54, 1.807) is 12.1 Å². The van der Waals surface area contributed by atoms with Gasteiger partial charge >= 0.3 is 0 Å². The summed E-state index contributed by atoms with van der Waals surface area (Å²) in [6.07, 6.45) is 0. The van der Waals surface area contributed by atoms with Crippen LogP contribution in [-0.2, 0) is 4.94 Å². The fourth-order valence-corrected chi connectivity index (χ4v) is 2.71. The molecule has 0 radical (unpaired) electrons. The molecule has 0 bridgehead atoms. The minimum Gasteiger partial charge on any atom is -0.281 e. The monoisotopic (exact) mass is 342 g/mol. The van der Waals surface area contributed by atoms with Gasteiger partial charge in [0.25, 0.3) is 0 Å². The van der Waals surface area contributed by atoms with E-state index in [1.165, 1.54) is 45.5 Å². The molecule has 1 aliphatic heterocycles. The van der Waals surface area contributed by atoms with Crippen LogP contribution >= 0.6 is 0 Å². The highest BCUT2D eigenvalue weighted by molar-refractivity contribution is 5.67. The predicted octanol–water partition coefficient (Wildman–Crippen LogP) is 2.19. The summed E-state index contributed by atoms with van der Waals surface area (Å²) in [6.45, 7) is 0. The van der Waals surface area contributed by atoms with Crippen LogP contribution in [0.3, 0.4) is 0 Å². The lowest BCUT2D eigenvalue weighted by Crippen LogP contribution is -2.41. The Morgan fingerprint density at radius 2 is 1.12 bits per heavy atom. The molecule has 1 aliphatic rings. The van der Waals surface area contributed by atoms with Crippen molar-refractivity contribution in [2.75, 3.05) is 11.0 Å². The highest BCUT2D eigenvalue weighted by Crippen LogP contribution is 2.29. The number of benzene rings is 2. The van der Waals surface area contributed by atoms with E-state index in [0.717, 1.165) is 0 Å². The van der Waals surface area contributed by atoms with Crippen molar-refractivity contribution >= 4 is 11.6 Å². The molecule has 25 heavy (non-hydrogen) atoms. The Balaban J connectivity index is 2.11. The molecule has 0 spiro atoms. The molecule has 2 aromatic carbocycles. The van der Waals surface area contributed by atoms with Gasteiger partial charge in [-0.15, -0.1) is 0 Å². The molecule has 2 heterocycles. The third kappa shape index (κ3) is 2.21. The summed E-state index contributed by atoms with van der Waals surface area (Å²) in [4.78, 5) is 4.98. The zero-order valence-electron chi connectivity index (χ0n) is 12.7. The number of hydrogen-bond acceptors (Lipinski definition) is 5. The maximum Gasteiger partial charge on any atom is 0.183 e. The van der Waals surface area contributed by atoms with Crippen LogP contribution in [0.4, 0.5) is 20.4 Å². The predicted molar refractivity (Wildman–Crippen MR) is 85.1 cm³/mol. The molecule has 3 aromatic rings. The zero-order valence-corrected chi connectivity index (χ0v) is 12.7. The fraction of sp³-hybridized carbons (Fsp3) is 0. The molecule has 0 unspecified atom stereocenters. The smallest absolute Gasteiger partial charge is 0.183 e. The van der Waals surface area contributed by atoms with Gasteiger partial charge in [-0.1, -0.05) is 24.3 Å². The molecule has 0 amide bonds. The molecule has 9 heteroatoms. The van der Waals surface area contributed by atoms with E-state index in [9.17, 15) is 8.78 Å². The van der Waals surface area contributed by atoms with E-state index in [1.807, 2.05) is 0 Å². The van der Waals surface area contributed by atoms with Crippen molar-refractivity contribution in [3.8, 4) is 11.4 Å². The van der Waals surface area contributed by atoms with Crippen LogP contribution in [-0.4, -0.2) is 9.13 Å². The minimum atomic E-state index is -0.569. The van der Waals surface area contributed by atoms with Gasteiger partial charge in [0.15, 0.2) is 22.6 Å². The molecule has 7 nitrogen and oxygen atoms in total. The van der Waals surface area contributed by atoms with Crippen LogP contribution in [0.1, 0.15) is 0 Å². The summed E-state index contributed by atoms with van der Waals surface area (Å²) in [5.74, 6) is -0.788. The Labute approximate surface area is 139 Å². The molecular weight excluding hydrogens is 330 g/mol. The number of anilines is 2. The summed E-state index contributed by atoms with van der Waals surface area (Å²) < 4.78 is 30.8. The second kappa shape index (κ2) is 5.56. The SMILES string of the molecule is N=c1c(=N)n(-c2ccccc2F)c2c(n1-c1ccccc1F)NON2. The van der Waals surface area contributed by atoms with Crippen LogP contribution in [0.25, 0.3) is 11.4 Å². The maximum absolute atomic E-state index is 14.2. The molecule has 4 N–H and O–H groups in total. The van der Waals surface area contributed by atoms with Crippen molar-refractivity contribution in [1.82, 2.24) is 9.13 Å². The summed E-state index contributed by atoms with van der Waals surface area (Å²) in [5, 5.41) is 16.6. The minimum absolute atomic E-state index is 0.0673. The number of nitrogens with one attached hydrogen (secondary N) is 4. The lowest BCUT2D eigenvalue weighted by atomic mass is 10.2. The van der Waals surface area contributed by atoms with Gasteiger partial charge in [-0.3, -0.25) is 20.0 Å². The van der Waals surface area contributed by atoms with Crippen molar-refractivity contribution in [2.45, 2.75) is 0 Å². The second-order valence-electron chi connectivity index (χ2n) is 5.27. The van der Waals surface area contributed by atoms with Crippen molar-refractivity contribution in [1.29, 1.82) is 10.8 Å². The van der Waals surface area contributed by atoms with Crippen molar-refractivity contribution in [3.05, 3.63) is 71.1 Å². The molecule has 0 atom stereocenters. The average Bonchev–Trinajstić information content (AvgIpc) is 3.07. The Hall–Kier alpha value is -3.46. The lowest BCUT2D eigenvalue weighted by molar-refractivity contribution is 0.279. The summed E-state index contributed by atoms with van der Waals surface area (Å²) in [5.41, 5.74) is 4.51. The van der Waals surface area contributed by atoms with Crippen LogP contribution in [0, 0.1) is 22.5 Å². The fourth-order valence-electron chi connectivity index (χ4n) is 2.71.